The number of para-hydroxylation sites is 1. The molecular formula is C21H22N2O3. The maximum atomic E-state index is 12.6. The zero-order valence-electron chi connectivity index (χ0n) is 15.0. The van der Waals surface area contributed by atoms with Gasteiger partial charge in [0.05, 0.1) is 5.92 Å². The van der Waals surface area contributed by atoms with Crippen LogP contribution in [0.3, 0.4) is 0 Å². The van der Waals surface area contributed by atoms with Gasteiger partial charge >= 0.3 is 0 Å². The summed E-state index contributed by atoms with van der Waals surface area (Å²) in [5, 5.41) is 2.84. The van der Waals surface area contributed by atoms with E-state index in [1.54, 1.807) is 29.2 Å². The van der Waals surface area contributed by atoms with Crippen LogP contribution in [0.25, 0.3) is 0 Å². The maximum Gasteiger partial charge on any atom is 0.229 e. The molecule has 3 rings (SSSR count). The molecule has 2 amide bonds. The third-order valence-corrected chi connectivity index (χ3v) is 4.72. The Labute approximate surface area is 153 Å². The fourth-order valence-electron chi connectivity index (χ4n) is 3.22. The summed E-state index contributed by atoms with van der Waals surface area (Å²) in [6.07, 6.45) is 1.04. The van der Waals surface area contributed by atoms with Crippen LogP contribution >= 0.6 is 0 Å². The molecular weight excluding hydrogens is 328 g/mol. The van der Waals surface area contributed by atoms with E-state index in [1.165, 1.54) is 6.92 Å². The number of anilines is 2. The third kappa shape index (κ3) is 3.67. The monoisotopic (exact) mass is 350 g/mol. The average molecular weight is 350 g/mol. The number of rotatable bonds is 5. The second-order valence-corrected chi connectivity index (χ2v) is 6.51. The summed E-state index contributed by atoms with van der Waals surface area (Å²) in [6, 6.07) is 14.6. The van der Waals surface area contributed by atoms with E-state index in [2.05, 4.69) is 5.32 Å². The Morgan fingerprint density at radius 1 is 1.12 bits per heavy atom. The quantitative estimate of drug-likeness (QED) is 0.840. The van der Waals surface area contributed by atoms with E-state index in [9.17, 15) is 14.4 Å². The molecule has 1 heterocycles. The normalized spacial score (nSPS) is 16.6. The number of Topliss-reactive ketones (excluding diaryl/α,β-unsaturated/α-hetero) is 1. The van der Waals surface area contributed by atoms with Crippen molar-refractivity contribution in [3.8, 4) is 0 Å². The summed E-state index contributed by atoms with van der Waals surface area (Å²) in [6.45, 7) is 3.93. The average Bonchev–Trinajstić information content (AvgIpc) is 3.04. The Balaban J connectivity index is 1.70. The van der Waals surface area contributed by atoms with Gasteiger partial charge in [0.2, 0.25) is 11.8 Å². The lowest BCUT2D eigenvalue weighted by Gasteiger charge is -2.20. The second kappa shape index (κ2) is 7.52. The number of carbonyl (C=O) groups is 3. The van der Waals surface area contributed by atoms with Gasteiger partial charge in [0.15, 0.2) is 5.78 Å². The lowest BCUT2D eigenvalue weighted by molar-refractivity contribution is -0.122. The van der Waals surface area contributed by atoms with Gasteiger partial charge in [-0.05, 0) is 49.2 Å². The molecule has 26 heavy (non-hydrogen) atoms. The first-order valence-electron chi connectivity index (χ1n) is 8.79. The molecule has 134 valence electrons. The molecule has 5 heteroatoms. The van der Waals surface area contributed by atoms with Crippen LogP contribution in [0.2, 0.25) is 0 Å². The van der Waals surface area contributed by atoms with Gasteiger partial charge in [0, 0.05) is 29.9 Å². The smallest absolute Gasteiger partial charge is 0.229 e. The minimum Gasteiger partial charge on any atom is -0.326 e. The minimum absolute atomic E-state index is 0.0190. The summed E-state index contributed by atoms with van der Waals surface area (Å²) in [4.78, 5) is 38.0. The Morgan fingerprint density at radius 3 is 2.46 bits per heavy atom. The molecule has 1 N–H and O–H groups in total. The molecule has 2 aromatic rings. The van der Waals surface area contributed by atoms with Crippen molar-refractivity contribution in [2.24, 2.45) is 5.92 Å². The van der Waals surface area contributed by atoms with Gasteiger partial charge in [0.25, 0.3) is 0 Å². The van der Waals surface area contributed by atoms with Gasteiger partial charge < -0.3 is 10.2 Å². The van der Waals surface area contributed by atoms with Gasteiger partial charge in [-0.15, -0.1) is 0 Å². The highest BCUT2D eigenvalue weighted by Crippen LogP contribution is 2.29. The third-order valence-electron chi connectivity index (χ3n) is 4.72. The van der Waals surface area contributed by atoms with Crippen LogP contribution < -0.4 is 10.2 Å². The lowest BCUT2D eigenvalue weighted by Crippen LogP contribution is -2.28. The maximum absolute atomic E-state index is 12.6. The van der Waals surface area contributed by atoms with Crippen molar-refractivity contribution < 1.29 is 14.4 Å². The van der Waals surface area contributed by atoms with Gasteiger partial charge in [-0.1, -0.05) is 25.1 Å². The number of hydrogen-bond acceptors (Lipinski definition) is 3. The molecule has 1 aliphatic rings. The minimum atomic E-state index is -0.389. The summed E-state index contributed by atoms with van der Waals surface area (Å²) < 4.78 is 0. The molecule has 0 radical (unpaired) electrons. The highest BCUT2D eigenvalue weighted by atomic mass is 16.2. The molecule has 1 fully saturated rings. The van der Waals surface area contributed by atoms with Gasteiger partial charge in [-0.2, -0.15) is 0 Å². The molecule has 2 aromatic carbocycles. The van der Waals surface area contributed by atoms with E-state index in [1.807, 2.05) is 31.2 Å². The number of nitrogens with one attached hydrogen (secondary N) is 1. The van der Waals surface area contributed by atoms with Crippen LogP contribution in [0.15, 0.2) is 48.5 Å². The summed E-state index contributed by atoms with van der Waals surface area (Å²) in [7, 11) is 0. The Hall–Kier alpha value is -2.95. The van der Waals surface area contributed by atoms with Crippen molar-refractivity contribution in [1.29, 1.82) is 0 Å². The lowest BCUT2D eigenvalue weighted by atomic mass is 10.1. The zero-order valence-corrected chi connectivity index (χ0v) is 15.0. The molecule has 1 unspecified atom stereocenters. The molecule has 0 saturated carbocycles. The predicted molar refractivity (Wildman–Crippen MR) is 101 cm³/mol. The second-order valence-electron chi connectivity index (χ2n) is 6.51. The van der Waals surface area contributed by atoms with Gasteiger partial charge in [-0.3, -0.25) is 14.4 Å². The van der Waals surface area contributed by atoms with Crippen LogP contribution in [0.1, 0.15) is 36.2 Å². The molecule has 0 aliphatic carbocycles. The number of hydrogen-bond donors (Lipinski definition) is 1. The van der Waals surface area contributed by atoms with Gasteiger partial charge in [-0.25, -0.2) is 0 Å². The number of aryl methyl sites for hydroxylation is 1. The van der Waals surface area contributed by atoms with E-state index in [4.69, 9.17) is 0 Å². The number of amides is 2. The summed E-state index contributed by atoms with van der Waals surface area (Å²) >= 11 is 0. The van der Waals surface area contributed by atoms with Crippen LogP contribution in [0, 0.1) is 5.92 Å². The van der Waals surface area contributed by atoms with Crippen molar-refractivity contribution >= 4 is 29.0 Å². The molecule has 0 spiro atoms. The summed E-state index contributed by atoms with van der Waals surface area (Å²) in [5.41, 5.74) is 3.21. The van der Waals surface area contributed by atoms with Crippen molar-refractivity contribution in [2.45, 2.75) is 26.7 Å². The van der Waals surface area contributed by atoms with Crippen LogP contribution in [-0.4, -0.2) is 24.1 Å². The Kier molecular flexibility index (Phi) is 5.16. The Morgan fingerprint density at radius 2 is 1.81 bits per heavy atom. The van der Waals surface area contributed by atoms with E-state index in [-0.39, 0.29) is 29.9 Å². The number of ketones is 1. The number of carbonyl (C=O) groups excluding carboxylic acids is 3. The zero-order chi connectivity index (χ0) is 18.7. The van der Waals surface area contributed by atoms with Crippen LogP contribution in [0.5, 0.6) is 0 Å². The van der Waals surface area contributed by atoms with E-state index < -0.39 is 0 Å². The first-order chi connectivity index (χ1) is 12.5. The van der Waals surface area contributed by atoms with Crippen molar-refractivity contribution in [3.05, 3.63) is 59.7 Å². The highest BCUT2D eigenvalue weighted by Gasteiger charge is 2.35. The van der Waals surface area contributed by atoms with Gasteiger partial charge in [0.1, 0.15) is 0 Å². The SMILES string of the molecule is CCc1ccccc1N1CC(C(=O)Nc2ccc(C(C)=O)cc2)CC1=O. The Bertz CT molecular complexity index is 843. The number of benzene rings is 2. The largest absolute Gasteiger partial charge is 0.326 e. The molecule has 1 saturated heterocycles. The summed E-state index contributed by atoms with van der Waals surface area (Å²) in [5.74, 6) is -0.613. The van der Waals surface area contributed by atoms with Crippen molar-refractivity contribution in [3.63, 3.8) is 0 Å². The van der Waals surface area contributed by atoms with E-state index in [0.717, 1.165) is 17.7 Å². The van der Waals surface area contributed by atoms with Crippen molar-refractivity contribution in [2.75, 3.05) is 16.8 Å². The highest BCUT2D eigenvalue weighted by molar-refractivity contribution is 6.04. The van der Waals surface area contributed by atoms with E-state index >= 15 is 0 Å². The fourth-order valence-corrected chi connectivity index (χ4v) is 3.22. The van der Waals surface area contributed by atoms with Crippen molar-refractivity contribution in [1.82, 2.24) is 0 Å². The molecule has 5 nitrogen and oxygen atoms in total. The first-order valence-corrected chi connectivity index (χ1v) is 8.79. The predicted octanol–water partition coefficient (Wildman–Crippen LogP) is 3.44. The van der Waals surface area contributed by atoms with Crippen LogP contribution in [0.4, 0.5) is 11.4 Å². The molecule has 1 atom stereocenters. The molecule has 0 aromatic heterocycles. The van der Waals surface area contributed by atoms with Crippen LogP contribution in [-0.2, 0) is 16.0 Å². The topological polar surface area (TPSA) is 66.5 Å². The molecule has 0 bridgehead atoms. The fraction of sp³-hybridized carbons (Fsp3) is 0.286. The molecule has 1 aliphatic heterocycles. The van der Waals surface area contributed by atoms with E-state index in [0.29, 0.717) is 17.8 Å². The first kappa shape index (κ1) is 17.9. The standard InChI is InChI=1S/C21H22N2O3/c1-3-15-6-4-5-7-19(15)23-13-17(12-20(23)25)21(26)22-18-10-8-16(9-11-18)14(2)24/h4-11,17H,3,12-13H2,1-2H3,(H,22,26). The number of nitrogens with zero attached hydrogens (tertiary/aromatic N) is 1.